The van der Waals surface area contributed by atoms with Gasteiger partial charge in [-0.3, -0.25) is 0 Å². The van der Waals surface area contributed by atoms with E-state index in [1.54, 1.807) is 6.92 Å². The van der Waals surface area contributed by atoms with Crippen molar-refractivity contribution in [2.24, 2.45) is 5.73 Å². The van der Waals surface area contributed by atoms with Gasteiger partial charge in [-0.2, -0.15) is 0 Å². The maximum atomic E-state index is 13.5. The fourth-order valence-corrected chi connectivity index (χ4v) is 2.95. The molecule has 3 N–H and O–H groups in total. The first kappa shape index (κ1) is 12.4. The lowest BCUT2D eigenvalue weighted by Gasteiger charge is -2.37. The van der Waals surface area contributed by atoms with Crippen molar-refractivity contribution in [3.8, 4) is 5.75 Å². The van der Waals surface area contributed by atoms with Gasteiger partial charge in [0.2, 0.25) is 0 Å². The predicted molar refractivity (Wildman–Crippen MR) is 66.6 cm³/mol. The van der Waals surface area contributed by atoms with Crippen LogP contribution in [-0.4, -0.2) is 11.7 Å². The van der Waals surface area contributed by atoms with Crippen molar-refractivity contribution < 1.29 is 9.50 Å². The molecule has 0 saturated heterocycles. The van der Waals surface area contributed by atoms with Crippen LogP contribution in [0.5, 0.6) is 5.75 Å². The number of phenols is 1. The second-order valence-electron chi connectivity index (χ2n) is 5.16. The Morgan fingerprint density at radius 1 is 1.29 bits per heavy atom. The van der Waals surface area contributed by atoms with Gasteiger partial charge in [0.1, 0.15) is 11.6 Å². The largest absolute Gasteiger partial charge is 0.507 e. The molecule has 3 heteroatoms. The molecule has 1 aliphatic carbocycles. The van der Waals surface area contributed by atoms with Crippen molar-refractivity contribution in [3.63, 3.8) is 0 Å². The quantitative estimate of drug-likeness (QED) is 0.830. The molecule has 0 unspecified atom stereocenters. The van der Waals surface area contributed by atoms with Crippen LogP contribution in [0.2, 0.25) is 0 Å². The number of aryl methyl sites for hydroxylation is 1. The van der Waals surface area contributed by atoms with Crippen molar-refractivity contribution >= 4 is 0 Å². The Balaban J connectivity index is 2.49. The number of aromatic hydroxyl groups is 1. The summed E-state index contributed by atoms with van der Waals surface area (Å²) in [4.78, 5) is 0. The third kappa shape index (κ3) is 2.16. The maximum Gasteiger partial charge on any atom is 0.124 e. The minimum atomic E-state index is -0.284. The van der Waals surface area contributed by atoms with E-state index in [-0.39, 0.29) is 17.0 Å². The summed E-state index contributed by atoms with van der Waals surface area (Å²) in [6, 6.07) is 2.83. The van der Waals surface area contributed by atoms with Gasteiger partial charge in [-0.1, -0.05) is 19.3 Å². The smallest absolute Gasteiger partial charge is 0.124 e. The summed E-state index contributed by atoms with van der Waals surface area (Å²) in [6.45, 7) is 2.21. The van der Waals surface area contributed by atoms with E-state index in [0.717, 1.165) is 25.7 Å². The highest BCUT2D eigenvalue weighted by Crippen LogP contribution is 2.43. The first-order valence-electron chi connectivity index (χ1n) is 6.29. The lowest BCUT2D eigenvalue weighted by molar-refractivity contribution is 0.289. The number of halogens is 1. The molecule has 1 aromatic carbocycles. The zero-order valence-corrected chi connectivity index (χ0v) is 10.3. The Morgan fingerprint density at radius 3 is 2.53 bits per heavy atom. The van der Waals surface area contributed by atoms with Gasteiger partial charge >= 0.3 is 0 Å². The van der Waals surface area contributed by atoms with Crippen molar-refractivity contribution in [3.05, 3.63) is 29.1 Å². The summed E-state index contributed by atoms with van der Waals surface area (Å²) >= 11 is 0. The highest BCUT2D eigenvalue weighted by molar-refractivity contribution is 5.45. The Labute approximate surface area is 102 Å². The zero-order chi connectivity index (χ0) is 12.5. The zero-order valence-electron chi connectivity index (χ0n) is 10.3. The van der Waals surface area contributed by atoms with E-state index in [1.165, 1.54) is 18.6 Å². The van der Waals surface area contributed by atoms with Crippen LogP contribution in [0.3, 0.4) is 0 Å². The molecule has 0 heterocycles. The number of hydrogen-bond acceptors (Lipinski definition) is 2. The number of phenolic OH excluding ortho intramolecular Hbond substituents is 1. The van der Waals surface area contributed by atoms with Gasteiger partial charge in [0, 0.05) is 17.5 Å². The van der Waals surface area contributed by atoms with Crippen LogP contribution < -0.4 is 5.73 Å². The van der Waals surface area contributed by atoms with Crippen molar-refractivity contribution in [1.82, 2.24) is 0 Å². The van der Waals surface area contributed by atoms with Crippen LogP contribution in [-0.2, 0) is 5.41 Å². The van der Waals surface area contributed by atoms with Gasteiger partial charge in [0.05, 0.1) is 0 Å². The molecule has 1 saturated carbocycles. The Kier molecular flexibility index (Phi) is 3.38. The lowest BCUT2D eigenvalue weighted by atomic mass is 9.69. The molecule has 1 aliphatic rings. The predicted octanol–water partition coefficient (Wildman–Crippen LogP) is 3.00. The van der Waals surface area contributed by atoms with Gasteiger partial charge in [-0.25, -0.2) is 4.39 Å². The molecule has 0 atom stereocenters. The topological polar surface area (TPSA) is 46.2 Å². The fraction of sp³-hybridized carbons (Fsp3) is 0.571. The van der Waals surface area contributed by atoms with Gasteiger partial charge in [-0.15, -0.1) is 0 Å². The van der Waals surface area contributed by atoms with Gasteiger partial charge in [0.15, 0.2) is 0 Å². The monoisotopic (exact) mass is 237 g/mol. The van der Waals surface area contributed by atoms with Crippen LogP contribution in [0.25, 0.3) is 0 Å². The molecule has 0 amide bonds. The van der Waals surface area contributed by atoms with E-state index < -0.39 is 0 Å². The molecule has 0 bridgehead atoms. The third-order valence-electron chi connectivity index (χ3n) is 4.04. The average molecular weight is 237 g/mol. The third-order valence-corrected chi connectivity index (χ3v) is 4.04. The summed E-state index contributed by atoms with van der Waals surface area (Å²) in [5.41, 5.74) is 6.98. The van der Waals surface area contributed by atoms with Gasteiger partial charge < -0.3 is 10.8 Å². The number of benzene rings is 1. The highest BCUT2D eigenvalue weighted by Gasteiger charge is 2.35. The second-order valence-corrected chi connectivity index (χ2v) is 5.16. The summed E-state index contributed by atoms with van der Waals surface area (Å²) < 4.78 is 13.5. The minimum absolute atomic E-state index is 0.221. The Hall–Kier alpha value is -1.09. The second kappa shape index (κ2) is 4.65. The normalized spacial score (nSPS) is 19.2. The number of nitrogens with two attached hydrogens (primary N) is 1. The van der Waals surface area contributed by atoms with Crippen molar-refractivity contribution in [1.29, 1.82) is 0 Å². The molecule has 17 heavy (non-hydrogen) atoms. The first-order valence-corrected chi connectivity index (χ1v) is 6.29. The number of rotatable bonds is 2. The van der Waals surface area contributed by atoms with E-state index in [2.05, 4.69) is 0 Å². The Bertz CT molecular complexity index is 411. The van der Waals surface area contributed by atoms with E-state index in [1.807, 2.05) is 0 Å². The molecule has 2 nitrogen and oxygen atoms in total. The van der Waals surface area contributed by atoms with E-state index in [9.17, 15) is 9.50 Å². The van der Waals surface area contributed by atoms with Crippen molar-refractivity contribution in [2.45, 2.75) is 44.4 Å². The lowest BCUT2D eigenvalue weighted by Crippen LogP contribution is -2.37. The summed E-state index contributed by atoms with van der Waals surface area (Å²) in [6.07, 6.45) is 5.30. The molecule has 94 valence electrons. The molecular weight excluding hydrogens is 217 g/mol. The van der Waals surface area contributed by atoms with Crippen LogP contribution in [0.4, 0.5) is 4.39 Å². The van der Waals surface area contributed by atoms with Crippen molar-refractivity contribution in [2.75, 3.05) is 6.54 Å². The number of hydrogen-bond donors (Lipinski definition) is 2. The summed E-state index contributed by atoms with van der Waals surface area (Å²) in [5.74, 6) is -0.0625. The van der Waals surface area contributed by atoms with E-state index in [0.29, 0.717) is 17.7 Å². The molecule has 1 aromatic rings. The molecule has 0 radical (unpaired) electrons. The van der Waals surface area contributed by atoms with Crippen LogP contribution >= 0.6 is 0 Å². The van der Waals surface area contributed by atoms with Crippen LogP contribution in [0.15, 0.2) is 12.1 Å². The SMILES string of the molecule is Cc1cc(F)cc(C2(CN)CCCCC2)c1O. The molecule has 0 spiro atoms. The fourth-order valence-electron chi connectivity index (χ4n) is 2.95. The maximum absolute atomic E-state index is 13.5. The molecule has 1 fully saturated rings. The van der Waals surface area contributed by atoms with Gasteiger partial charge in [0.25, 0.3) is 0 Å². The van der Waals surface area contributed by atoms with E-state index in [4.69, 9.17) is 5.73 Å². The minimum Gasteiger partial charge on any atom is -0.507 e. The van der Waals surface area contributed by atoms with Crippen LogP contribution in [0.1, 0.15) is 43.2 Å². The van der Waals surface area contributed by atoms with Crippen LogP contribution in [0, 0.1) is 12.7 Å². The standard InChI is InChI=1S/C14H20FNO/c1-10-7-11(15)8-12(13(10)17)14(9-16)5-3-2-4-6-14/h7-8,17H,2-6,9,16H2,1H3. The molecule has 0 aromatic heterocycles. The first-order chi connectivity index (χ1) is 8.09. The molecule has 0 aliphatic heterocycles. The summed E-state index contributed by atoms with van der Waals surface area (Å²) in [7, 11) is 0. The molecular formula is C14H20FNO. The van der Waals surface area contributed by atoms with E-state index >= 15 is 0 Å². The summed E-state index contributed by atoms with van der Waals surface area (Å²) in [5, 5.41) is 10.1. The average Bonchev–Trinajstić information content (AvgIpc) is 2.34. The van der Waals surface area contributed by atoms with Gasteiger partial charge in [-0.05, 0) is 37.5 Å². The highest BCUT2D eigenvalue weighted by atomic mass is 19.1. The molecule has 2 rings (SSSR count). The Morgan fingerprint density at radius 2 is 1.94 bits per heavy atom.